The van der Waals surface area contributed by atoms with E-state index >= 15 is 0 Å². The van der Waals surface area contributed by atoms with E-state index in [2.05, 4.69) is 30.6 Å². The molecule has 0 bridgehead atoms. The number of nitrogens with zero attached hydrogens (tertiary/aromatic N) is 2. The van der Waals surface area contributed by atoms with Crippen LogP contribution in [-0.4, -0.2) is 22.7 Å². The summed E-state index contributed by atoms with van der Waals surface area (Å²) in [6, 6.07) is 6.03. The Morgan fingerprint density at radius 1 is 1.40 bits per heavy atom. The van der Waals surface area contributed by atoms with Gasteiger partial charge >= 0.3 is 16.7 Å². The summed E-state index contributed by atoms with van der Waals surface area (Å²) in [4.78, 5) is 11.7. The molecule has 0 saturated carbocycles. The molecule has 8 heteroatoms. The molecule has 0 unspecified atom stereocenters. The fourth-order valence-electron chi connectivity index (χ4n) is 1.43. The third-order valence-corrected chi connectivity index (χ3v) is 2.66. The molecule has 2 aromatic rings. The molecule has 1 heterocycles. The zero-order chi connectivity index (χ0) is 14.8. The van der Waals surface area contributed by atoms with Crippen molar-refractivity contribution in [3.8, 4) is 11.4 Å². The minimum atomic E-state index is -3.37. The Labute approximate surface area is 121 Å². The van der Waals surface area contributed by atoms with Crippen LogP contribution >= 0.6 is 15.9 Å². The second-order valence-electron chi connectivity index (χ2n) is 3.72. The normalized spacial score (nSPS) is 11.4. The van der Waals surface area contributed by atoms with Gasteiger partial charge < -0.3 is 9.26 Å². The number of carbonyl (C=O) groups excluding carboxylic acids is 1. The van der Waals surface area contributed by atoms with Gasteiger partial charge in [0.15, 0.2) is 0 Å². The third kappa shape index (κ3) is 3.19. The molecule has 5 nitrogen and oxygen atoms in total. The van der Waals surface area contributed by atoms with E-state index in [1.165, 1.54) is 24.3 Å². The van der Waals surface area contributed by atoms with Gasteiger partial charge in [-0.05, 0) is 19.1 Å². The second kappa shape index (κ2) is 5.66. The van der Waals surface area contributed by atoms with Gasteiger partial charge in [-0.1, -0.05) is 17.3 Å². The molecule has 20 heavy (non-hydrogen) atoms. The van der Waals surface area contributed by atoms with Gasteiger partial charge in [0.2, 0.25) is 5.82 Å². The van der Waals surface area contributed by atoms with Crippen molar-refractivity contribution in [3.05, 3.63) is 35.7 Å². The van der Waals surface area contributed by atoms with Crippen LogP contribution < -0.4 is 0 Å². The first-order valence-electron chi connectivity index (χ1n) is 5.60. The topological polar surface area (TPSA) is 65.2 Å². The summed E-state index contributed by atoms with van der Waals surface area (Å²) in [5.41, 5.74) is 0.801. The van der Waals surface area contributed by atoms with Crippen molar-refractivity contribution < 1.29 is 22.8 Å². The molecule has 0 atom stereocenters. The molecule has 0 aliphatic rings. The molecule has 106 valence electrons. The number of alkyl halides is 3. The summed E-state index contributed by atoms with van der Waals surface area (Å²) in [5.74, 6) is -1.28. The highest BCUT2D eigenvalue weighted by atomic mass is 79.9. The number of halogens is 3. The lowest BCUT2D eigenvalue weighted by molar-refractivity contribution is 0.0526. The summed E-state index contributed by atoms with van der Waals surface area (Å²) in [5, 5.41) is 3.45. The van der Waals surface area contributed by atoms with Crippen LogP contribution in [0.4, 0.5) is 8.78 Å². The van der Waals surface area contributed by atoms with Crippen molar-refractivity contribution >= 4 is 21.9 Å². The van der Waals surface area contributed by atoms with Crippen molar-refractivity contribution in [1.82, 2.24) is 10.1 Å². The van der Waals surface area contributed by atoms with Crippen molar-refractivity contribution in [2.45, 2.75) is 11.8 Å². The molecular weight excluding hydrogens is 338 g/mol. The Morgan fingerprint density at radius 3 is 2.55 bits per heavy atom. The number of rotatable bonds is 4. The fraction of sp³-hybridized carbons (Fsp3) is 0.250. The largest absolute Gasteiger partial charge is 0.462 e. The van der Waals surface area contributed by atoms with E-state index in [1.54, 1.807) is 6.92 Å². The van der Waals surface area contributed by atoms with Crippen LogP contribution in [0.25, 0.3) is 11.4 Å². The molecule has 0 saturated heterocycles. The monoisotopic (exact) mass is 346 g/mol. The SMILES string of the molecule is CCOC(=O)c1ccc(-c2noc(C(F)(F)Br)n2)cc1. The van der Waals surface area contributed by atoms with Crippen LogP contribution in [0, 0.1) is 0 Å². The Hall–Kier alpha value is -1.83. The summed E-state index contributed by atoms with van der Waals surface area (Å²) in [6.07, 6.45) is 0. The zero-order valence-corrected chi connectivity index (χ0v) is 11.9. The van der Waals surface area contributed by atoms with Gasteiger partial charge in [-0.3, -0.25) is 0 Å². The predicted octanol–water partition coefficient (Wildman–Crippen LogP) is 3.36. The highest BCUT2D eigenvalue weighted by Gasteiger charge is 2.34. The van der Waals surface area contributed by atoms with E-state index in [0.717, 1.165) is 0 Å². The standard InChI is InChI=1S/C12H9BrF2N2O3/c1-2-19-10(18)8-5-3-7(4-6-8)9-16-11(20-17-9)12(13,14)15/h3-6H,2H2,1H3. The molecule has 0 aliphatic carbocycles. The van der Waals surface area contributed by atoms with Crippen LogP contribution in [0.2, 0.25) is 0 Å². The average molecular weight is 347 g/mol. The Kier molecular flexibility index (Phi) is 4.12. The van der Waals surface area contributed by atoms with Gasteiger partial charge in [-0.2, -0.15) is 13.8 Å². The highest BCUT2D eigenvalue weighted by Crippen LogP contribution is 2.34. The van der Waals surface area contributed by atoms with Gasteiger partial charge in [-0.15, -0.1) is 0 Å². The fourth-order valence-corrected chi connectivity index (χ4v) is 1.59. The maximum Gasteiger partial charge on any atom is 0.378 e. The van der Waals surface area contributed by atoms with Crippen LogP contribution in [0.5, 0.6) is 0 Å². The molecular formula is C12H9BrF2N2O3. The first kappa shape index (κ1) is 14.6. The summed E-state index contributed by atoms with van der Waals surface area (Å²) in [7, 11) is 0. The minimum absolute atomic E-state index is 0.00883. The molecule has 0 aliphatic heterocycles. The van der Waals surface area contributed by atoms with Gasteiger partial charge in [0.1, 0.15) is 0 Å². The Balaban J connectivity index is 2.22. The average Bonchev–Trinajstić information content (AvgIpc) is 2.89. The maximum absolute atomic E-state index is 12.9. The number of aromatic nitrogens is 2. The quantitative estimate of drug-likeness (QED) is 0.627. The van der Waals surface area contributed by atoms with Gasteiger partial charge in [0.05, 0.1) is 12.2 Å². The second-order valence-corrected chi connectivity index (χ2v) is 4.71. The van der Waals surface area contributed by atoms with Crippen LogP contribution in [0.1, 0.15) is 23.2 Å². The van der Waals surface area contributed by atoms with Crippen molar-refractivity contribution in [2.75, 3.05) is 6.61 Å². The lowest BCUT2D eigenvalue weighted by Crippen LogP contribution is -2.04. The summed E-state index contributed by atoms with van der Waals surface area (Å²) in [6.45, 7) is 1.97. The number of hydrogen-bond donors (Lipinski definition) is 0. The maximum atomic E-state index is 12.9. The molecule has 1 aromatic heterocycles. The van der Waals surface area contributed by atoms with Crippen LogP contribution in [-0.2, 0) is 9.57 Å². The number of carbonyl (C=O) groups is 1. The molecule has 0 amide bonds. The lowest BCUT2D eigenvalue weighted by atomic mass is 10.1. The molecule has 0 radical (unpaired) electrons. The summed E-state index contributed by atoms with van der Waals surface area (Å²) >= 11 is 2.13. The van der Waals surface area contributed by atoms with Crippen LogP contribution in [0.3, 0.4) is 0 Å². The molecule has 0 spiro atoms. The lowest BCUT2D eigenvalue weighted by Gasteiger charge is -2.01. The van der Waals surface area contributed by atoms with Crippen LogP contribution in [0.15, 0.2) is 28.8 Å². The van der Waals surface area contributed by atoms with E-state index in [9.17, 15) is 13.6 Å². The highest BCUT2D eigenvalue weighted by molar-refractivity contribution is 9.09. The molecule has 2 rings (SSSR count). The Bertz CT molecular complexity index is 608. The molecule has 1 aromatic carbocycles. The van der Waals surface area contributed by atoms with E-state index in [4.69, 9.17) is 4.74 Å². The number of hydrogen-bond acceptors (Lipinski definition) is 5. The smallest absolute Gasteiger partial charge is 0.378 e. The van der Waals surface area contributed by atoms with Crippen molar-refractivity contribution in [1.29, 1.82) is 0 Å². The third-order valence-electron chi connectivity index (χ3n) is 2.32. The van der Waals surface area contributed by atoms with E-state index < -0.39 is 16.7 Å². The first-order chi connectivity index (χ1) is 9.41. The number of esters is 1. The number of benzene rings is 1. The van der Waals surface area contributed by atoms with Crippen molar-refractivity contribution in [2.24, 2.45) is 0 Å². The van der Waals surface area contributed by atoms with Gasteiger partial charge in [-0.25, -0.2) is 4.79 Å². The van der Waals surface area contributed by atoms with Gasteiger partial charge in [0, 0.05) is 21.5 Å². The summed E-state index contributed by atoms with van der Waals surface area (Å²) < 4.78 is 35.1. The first-order valence-corrected chi connectivity index (χ1v) is 6.39. The Morgan fingerprint density at radius 2 is 2.05 bits per heavy atom. The predicted molar refractivity (Wildman–Crippen MR) is 68.5 cm³/mol. The molecule has 0 fully saturated rings. The van der Waals surface area contributed by atoms with Crippen molar-refractivity contribution in [3.63, 3.8) is 0 Å². The van der Waals surface area contributed by atoms with E-state index in [1.807, 2.05) is 0 Å². The van der Waals surface area contributed by atoms with Gasteiger partial charge in [0.25, 0.3) is 0 Å². The van der Waals surface area contributed by atoms with E-state index in [-0.39, 0.29) is 12.4 Å². The van der Waals surface area contributed by atoms with E-state index in [0.29, 0.717) is 11.1 Å². The minimum Gasteiger partial charge on any atom is -0.462 e. The zero-order valence-electron chi connectivity index (χ0n) is 10.3. The number of ether oxygens (including phenoxy) is 1. The molecule has 0 N–H and O–H groups in total.